The van der Waals surface area contributed by atoms with Gasteiger partial charge in [0.15, 0.2) is 5.78 Å². The molecule has 0 unspecified atom stereocenters. The van der Waals surface area contributed by atoms with Gasteiger partial charge in [0.2, 0.25) is 0 Å². The third kappa shape index (κ3) is 6.75. The molecule has 156 valence electrons. The van der Waals surface area contributed by atoms with Crippen molar-refractivity contribution in [1.29, 1.82) is 0 Å². The zero-order chi connectivity index (χ0) is 21.6. The van der Waals surface area contributed by atoms with E-state index in [0.717, 1.165) is 24.3 Å². The van der Waals surface area contributed by atoms with Crippen molar-refractivity contribution in [2.75, 3.05) is 0 Å². The average Bonchev–Trinajstić information content (AvgIpc) is 2.56. The number of carbonyl (C=O) groups excluding carboxylic acids is 3. The number of benzene rings is 1. The summed E-state index contributed by atoms with van der Waals surface area (Å²) in [4.78, 5) is 36.7. The Morgan fingerprint density at radius 2 is 1.43 bits per heavy atom. The zero-order valence-corrected chi connectivity index (χ0v) is 16.2. The monoisotopic (exact) mass is 404 g/mol. The van der Waals surface area contributed by atoms with Crippen LogP contribution in [0, 0.1) is 0 Å². The number of hydrogen-bond donors (Lipinski definition) is 1. The lowest BCUT2D eigenvalue weighted by Crippen LogP contribution is -2.54. The molecule has 1 aromatic carbocycles. The average molecular weight is 404 g/mol. The molecule has 0 fully saturated rings. The zero-order valence-electron chi connectivity index (χ0n) is 16.2. The Balaban J connectivity index is 3.05. The van der Waals surface area contributed by atoms with Crippen molar-refractivity contribution in [2.45, 2.75) is 59.0 Å². The lowest BCUT2D eigenvalue weighted by Gasteiger charge is -2.28. The van der Waals surface area contributed by atoms with E-state index in [2.05, 4.69) is 5.43 Å². The molecule has 28 heavy (non-hydrogen) atoms. The van der Waals surface area contributed by atoms with E-state index in [4.69, 9.17) is 9.47 Å². The van der Waals surface area contributed by atoms with E-state index < -0.39 is 48.0 Å². The summed E-state index contributed by atoms with van der Waals surface area (Å²) in [7, 11) is 0. The number of carbonyl (C=O) groups is 3. The van der Waals surface area contributed by atoms with Gasteiger partial charge in [-0.2, -0.15) is 13.2 Å². The fourth-order valence-corrected chi connectivity index (χ4v) is 2.08. The molecule has 0 aliphatic carbocycles. The Morgan fingerprint density at radius 3 is 1.86 bits per heavy atom. The van der Waals surface area contributed by atoms with Crippen LogP contribution in [0.5, 0.6) is 0 Å². The quantitative estimate of drug-likeness (QED) is 0.588. The summed E-state index contributed by atoms with van der Waals surface area (Å²) in [6, 6.07) is 2.26. The van der Waals surface area contributed by atoms with Gasteiger partial charge in [0.25, 0.3) is 0 Å². The van der Waals surface area contributed by atoms with Gasteiger partial charge in [-0.3, -0.25) is 4.79 Å². The molecule has 1 atom stereocenters. The van der Waals surface area contributed by atoms with Crippen LogP contribution in [0.1, 0.15) is 50.5 Å². The molecule has 2 amide bonds. The molecule has 1 rings (SSSR count). The van der Waals surface area contributed by atoms with Crippen LogP contribution in [-0.4, -0.2) is 41.2 Å². The van der Waals surface area contributed by atoms with Gasteiger partial charge in [-0.15, -0.1) is 0 Å². The van der Waals surface area contributed by atoms with Gasteiger partial charge in [-0.25, -0.2) is 20.0 Å². The third-order valence-corrected chi connectivity index (χ3v) is 3.35. The van der Waals surface area contributed by atoms with Gasteiger partial charge in [-0.1, -0.05) is 12.1 Å². The minimum Gasteiger partial charge on any atom is -0.446 e. The number of halogens is 3. The minimum absolute atomic E-state index is 0.0677. The SMILES string of the molecule is CC(C)OC(=O)NN(C(=O)OC(C)C)[C@@H](C)C(=O)c1ccc(C(F)(F)F)cc1. The number of nitrogens with zero attached hydrogens (tertiary/aromatic N) is 1. The van der Waals surface area contributed by atoms with Crippen molar-refractivity contribution >= 4 is 18.0 Å². The molecule has 1 aromatic rings. The van der Waals surface area contributed by atoms with Crippen LogP contribution >= 0.6 is 0 Å². The third-order valence-electron chi connectivity index (χ3n) is 3.35. The second kappa shape index (κ2) is 9.43. The maximum Gasteiger partial charge on any atom is 0.429 e. The van der Waals surface area contributed by atoms with Crippen molar-refractivity contribution in [3.8, 4) is 0 Å². The number of amides is 2. The molecule has 0 aliphatic heterocycles. The Labute approximate surface area is 160 Å². The first kappa shape index (κ1) is 23.3. The highest BCUT2D eigenvalue weighted by Crippen LogP contribution is 2.29. The minimum atomic E-state index is -4.54. The van der Waals surface area contributed by atoms with E-state index in [0.29, 0.717) is 5.01 Å². The van der Waals surface area contributed by atoms with Crippen LogP contribution < -0.4 is 5.43 Å². The number of Topliss-reactive ketones (excluding diaryl/α,β-unsaturated/α-hetero) is 1. The normalized spacial score (nSPS) is 12.5. The summed E-state index contributed by atoms with van der Waals surface area (Å²) < 4.78 is 47.9. The molecule has 0 radical (unpaired) electrons. The molecular weight excluding hydrogens is 381 g/mol. The van der Waals surface area contributed by atoms with Gasteiger partial charge in [0, 0.05) is 5.56 Å². The molecule has 0 spiro atoms. The van der Waals surface area contributed by atoms with Crippen LogP contribution in [-0.2, 0) is 15.7 Å². The van der Waals surface area contributed by atoms with Crippen molar-refractivity contribution in [2.24, 2.45) is 0 Å². The van der Waals surface area contributed by atoms with E-state index >= 15 is 0 Å². The number of hydrogen-bond acceptors (Lipinski definition) is 5. The summed E-state index contributed by atoms with van der Waals surface area (Å²) in [6.45, 7) is 7.63. The van der Waals surface area contributed by atoms with Gasteiger partial charge in [0.05, 0.1) is 17.8 Å². The van der Waals surface area contributed by atoms with Crippen LogP contribution in [0.4, 0.5) is 22.8 Å². The molecular formula is C18H23F3N2O5. The van der Waals surface area contributed by atoms with E-state index in [1.807, 2.05) is 0 Å². The Kier molecular flexibility index (Phi) is 7.83. The maximum atomic E-state index is 12.7. The molecule has 0 aromatic heterocycles. The number of alkyl halides is 3. The first-order chi connectivity index (χ1) is 12.8. The van der Waals surface area contributed by atoms with Crippen LogP contribution in [0.3, 0.4) is 0 Å². The summed E-state index contributed by atoms with van der Waals surface area (Å²) in [5.41, 5.74) is 1.16. The molecule has 10 heteroatoms. The number of ether oxygens (including phenoxy) is 2. The van der Waals surface area contributed by atoms with E-state index in [-0.39, 0.29) is 5.56 Å². The lowest BCUT2D eigenvalue weighted by molar-refractivity contribution is -0.137. The van der Waals surface area contributed by atoms with Crippen LogP contribution in [0.2, 0.25) is 0 Å². The largest absolute Gasteiger partial charge is 0.446 e. The second-order valence-electron chi connectivity index (χ2n) is 6.48. The lowest BCUT2D eigenvalue weighted by atomic mass is 10.0. The van der Waals surface area contributed by atoms with Crippen molar-refractivity contribution in [3.63, 3.8) is 0 Å². The van der Waals surface area contributed by atoms with Gasteiger partial charge >= 0.3 is 18.4 Å². The smallest absolute Gasteiger partial charge is 0.429 e. The Morgan fingerprint density at radius 1 is 0.929 bits per heavy atom. The fraction of sp³-hybridized carbons (Fsp3) is 0.500. The number of rotatable bonds is 5. The first-order valence-electron chi connectivity index (χ1n) is 8.51. The summed E-state index contributed by atoms with van der Waals surface area (Å²) in [5.74, 6) is -0.695. The number of ketones is 1. The van der Waals surface area contributed by atoms with Crippen molar-refractivity contribution in [3.05, 3.63) is 35.4 Å². The highest BCUT2D eigenvalue weighted by molar-refractivity contribution is 6.01. The van der Waals surface area contributed by atoms with Crippen LogP contribution in [0.25, 0.3) is 0 Å². The van der Waals surface area contributed by atoms with E-state index in [1.165, 1.54) is 6.92 Å². The molecule has 0 saturated carbocycles. The van der Waals surface area contributed by atoms with Crippen molar-refractivity contribution in [1.82, 2.24) is 10.4 Å². The van der Waals surface area contributed by atoms with E-state index in [9.17, 15) is 27.6 Å². The molecule has 7 nitrogen and oxygen atoms in total. The maximum absolute atomic E-state index is 12.7. The predicted molar refractivity (Wildman–Crippen MR) is 93.4 cm³/mol. The highest BCUT2D eigenvalue weighted by atomic mass is 19.4. The topological polar surface area (TPSA) is 84.9 Å². The summed E-state index contributed by atoms with van der Waals surface area (Å²) in [6.07, 6.45) is -7.55. The van der Waals surface area contributed by atoms with Gasteiger partial charge in [-0.05, 0) is 46.8 Å². The fourth-order valence-electron chi connectivity index (χ4n) is 2.08. The first-order valence-corrected chi connectivity index (χ1v) is 8.51. The number of nitrogens with one attached hydrogen (secondary N) is 1. The molecule has 0 aliphatic rings. The molecule has 1 N–H and O–H groups in total. The number of hydrazine groups is 1. The molecule has 0 heterocycles. The standard InChI is InChI=1S/C18H23F3N2O5/c1-10(2)27-16(25)22-23(17(26)28-11(3)4)12(5)15(24)13-6-8-14(9-7-13)18(19,20)21/h6-12H,1-5H3,(H,22,25)/t12-/m0/s1. The van der Waals surface area contributed by atoms with E-state index in [1.54, 1.807) is 27.7 Å². The molecule has 0 bridgehead atoms. The Bertz CT molecular complexity index is 702. The van der Waals surface area contributed by atoms with Crippen molar-refractivity contribution < 1.29 is 37.0 Å². The summed E-state index contributed by atoms with van der Waals surface area (Å²) >= 11 is 0. The van der Waals surface area contributed by atoms with Gasteiger partial charge in [0.1, 0.15) is 6.04 Å². The Hall–Kier alpha value is -2.78. The predicted octanol–water partition coefficient (Wildman–Crippen LogP) is 4.17. The second-order valence-corrected chi connectivity index (χ2v) is 6.48. The van der Waals surface area contributed by atoms with Crippen LogP contribution in [0.15, 0.2) is 24.3 Å². The van der Waals surface area contributed by atoms with Gasteiger partial charge < -0.3 is 9.47 Å². The molecule has 0 saturated heterocycles. The summed E-state index contributed by atoms with van der Waals surface area (Å²) in [5, 5.41) is 0.644. The highest BCUT2D eigenvalue weighted by Gasteiger charge is 2.33.